The lowest BCUT2D eigenvalue weighted by molar-refractivity contribution is 0.612. The zero-order chi connectivity index (χ0) is 27.2. The van der Waals surface area contributed by atoms with Crippen molar-refractivity contribution in [2.24, 2.45) is 0 Å². The molecule has 0 saturated carbocycles. The van der Waals surface area contributed by atoms with Crippen LogP contribution in [0.15, 0.2) is 115 Å². The Morgan fingerprint density at radius 2 is 1.16 bits per heavy atom. The van der Waals surface area contributed by atoms with Crippen LogP contribution in [0.5, 0.6) is 0 Å². The Morgan fingerprint density at radius 3 is 1.66 bits per heavy atom. The number of hydrogen-bond donors (Lipinski definition) is 2. The van der Waals surface area contributed by atoms with E-state index < -0.39 is 0 Å². The summed E-state index contributed by atoms with van der Waals surface area (Å²) >= 11 is 9.13. The Bertz CT molecular complexity index is 1570. The number of hydrogen-bond acceptors (Lipinski definition) is 4. The normalized spacial score (nSPS) is 10.4. The summed E-state index contributed by atoms with van der Waals surface area (Å²) in [6, 6.07) is 27.5. The summed E-state index contributed by atoms with van der Waals surface area (Å²) in [6.07, 6.45) is 3.52. The number of nitrogen functional groups attached to an aromatic ring is 1. The van der Waals surface area contributed by atoms with Crippen LogP contribution >= 0.6 is 54.5 Å². The highest BCUT2D eigenvalue weighted by atomic mass is 127. The van der Waals surface area contributed by atoms with Gasteiger partial charge in [0.05, 0.1) is 18.2 Å². The van der Waals surface area contributed by atoms with Crippen molar-refractivity contribution in [1.29, 1.82) is 5.41 Å². The first kappa shape index (κ1) is 28.1. The second-order valence-electron chi connectivity index (χ2n) is 8.58. The number of benzene rings is 4. The van der Waals surface area contributed by atoms with Gasteiger partial charge < -0.3 is 14.6 Å². The Hall–Kier alpha value is -2.88. The molecule has 2 heterocycles. The molecule has 0 saturated heterocycles. The molecule has 0 radical (unpaired) electrons. The first-order valence-electron chi connectivity index (χ1n) is 11.7. The molecule has 4 aromatic carbocycles. The number of aryl methyl sites for hydroxylation is 2. The SMILES string of the molecule is Cc1coc2cc(I)c(Br)cc12.Cc1coc2cc(N)c(Br)cc12.N=C(c1ccccc1)c1ccccc1. The van der Waals surface area contributed by atoms with Gasteiger partial charge in [0.15, 0.2) is 0 Å². The summed E-state index contributed by atoms with van der Waals surface area (Å²) < 4.78 is 13.9. The molecule has 0 atom stereocenters. The van der Waals surface area contributed by atoms with E-state index in [1.807, 2.05) is 92.7 Å². The van der Waals surface area contributed by atoms with Crippen LogP contribution in [-0.2, 0) is 0 Å². The van der Waals surface area contributed by atoms with E-state index in [9.17, 15) is 0 Å². The van der Waals surface area contributed by atoms with Crippen molar-refractivity contribution in [2.45, 2.75) is 13.8 Å². The molecule has 7 heteroatoms. The summed E-state index contributed by atoms with van der Waals surface area (Å²) in [4.78, 5) is 0. The van der Waals surface area contributed by atoms with Crippen molar-refractivity contribution < 1.29 is 8.83 Å². The van der Waals surface area contributed by atoms with E-state index in [2.05, 4.69) is 60.5 Å². The van der Waals surface area contributed by atoms with Crippen molar-refractivity contribution in [3.8, 4) is 0 Å². The Kier molecular flexibility index (Phi) is 9.46. The fourth-order valence-corrected chi connectivity index (χ4v) is 4.84. The van der Waals surface area contributed by atoms with Crippen molar-refractivity contribution in [3.63, 3.8) is 0 Å². The van der Waals surface area contributed by atoms with Gasteiger partial charge in [0.25, 0.3) is 0 Å². The molecule has 4 nitrogen and oxygen atoms in total. The van der Waals surface area contributed by atoms with Gasteiger partial charge in [-0.05, 0) is 109 Å². The van der Waals surface area contributed by atoms with Gasteiger partial charge >= 0.3 is 0 Å². The average molecular weight is 744 g/mol. The van der Waals surface area contributed by atoms with Gasteiger partial charge in [-0.15, -0.1) is 0 Å². The summed E-state index contributed by atoms with van der Waals surface area (Å²) in [5.41, 5.74) is 13.0. The fourth-order valence-electron chi connectivity index (χ4n) is 3.72. The van der Waals surface area contributed by atoms with Crippen LogP contribution in [0.2, 0.25) is 0 Å². The molecule has 0 unspecified atom stereocenters. The molecule has 0 bridgehead atoms. The molecule has 0 aliphatic rings. The first-order chi connectivity index (χ1) is 18.2. The number of fused-ring (bicyclic) bond motifs is 2. The third-order valence-electron chi connectivity index (χ3n) is 5.82. The molecule has 0 spiro atoms. The minimum atomic E-state index is 0.575. The summed E-state index contributed by atoms with van der Waals surface area (Å²) in [5.74, 6) is 0. The Balaban J connectivity index is 0.000000133. The fraction of sp³-hybridized carbons (Fsp3) is 0.0645. The highest BCUT2D eigenvalue weighted by Crippen LogP contribution is 2.29. The highest BCUT2D eigenvalue weighted by Gasteiger charge is 2.06. The second-order valence-corrected chi connectivity index (χ2v) is 11.4. The summed E-state index contributed by atoms with van der Waals surface area (Å²) in [5, 5.41) is 10.3. The van der Waals surface area contributed by atoms with Gasteiger partial charge in [0, 0.05) is 35.0 Å². The van der Waals surface area contributed by atoms with E-state index in [-0.39, 0.29) is 0 Å². The number of rotatable bonds is 2. The topological polar surface area (TPSA) is 76.2 Å². The van der Waals surface area contributed by atoms with Gasteiger partial charge in [-0.3, -0.25) is 5.41 Å². The quantitative estimate of drug-likeness (QED) is 0.105. The molecule has 3 N–H and O–H groups in total. The van der Waals surface area contributed by atoms with Crippen LogP contribution in [0.3, 0.4) is 0 Å². The van der Waals surface area contributed by atoms with Crippen LogP contribution in [0.1, 0.15) is 22.3 Å². The lowest BCUT2D eigenvalue weighted by Crippen LogP contribution is -1.99. The zero-order valence-corrected chi connectivity index (χ0v) is 26.1. The number of nitrogens with two attached hydrogens (primary N) is 1. The number of nitrogens with one attached hydrogen (secondary N) is 1. The largest absolute Gasteiger partial charge is 0.464 e. The lowest BCUT2D eigenvalue weighted by atomic mass is 10.0. The molecule has 2 aromatic heterocycles. The minimum Gasteiger partial charge on any atom is -0.464 e. The number of anilines is 1. The Morgan fingerprint density at radius 1 is 0.711 bits per heavy atom. The predicted molar refractivity (Wildman–Crippen MR) is 173 cm³/mol. The van der Waals surface area contributed by atoms with Gasteiger partial charge in [-0.25, -0.2) is 0 Å². The predicted octanol–water partition coefficient (Wildman–Crippen LogP) is 10.3. The van der Waals surface area contributed by atoms with Crippen molar-refractivity contribution in [3.05, 3.63) is 132 Å². The van der Waals surface area contributed by atoms with Crippen LogP contribution < -0.4 is 5.73 Å². The first-order valence-corrected chi connectivity index (χ1v) is 14.4. The maximum Gasteiger partial charge on any atom is 0.136 e. The van der Waals surface area contributed by atoms with Gasteiger partial charge in [-0.2, -0.15) is 0 Å². The Labute approximate surface area is 252 Å². The minimum absolute atomic E-state index is 0.575. The average Bonchev–Trinajstić information content (AvgIpc) is 3.47. The number of furan rings is 2. The van der Waals surface area contributed by atoms with Gasteiger partial charge in [0.2, 0.25) is 0 Å². The van der Waals surface area contributed by atoms with Crippen LogP contribution in [0, 0.1) is 22.8 Å². The molecule has 0 fully saturated rings. The van der Waals surface area contributed by atoms with Crippen molar-refractivity contribution in [1.82, 2.24) is 0 Å². The third-order valence-corrected chi connectivity index (χ3v) is 8.80. The maximum atomic E-state index is 7.97. The molecule has 6 rings (SSSR count). The summed E-state index contributed by atoms with van der Waals surface area (Å²) in [6.45, 7) is 4.06. The third kappa shape index (κ3) is 6.76. The van der Waals surface area contributed by atoms with Crippen molar-refractivity contribution in [2.75, 3.05) is 5.73 Å². The molecule has 0 amide bonds. The zero-order valence-electron chi connectivity index (χ0n) is 20.8. The number of halogens is 3. The van der Waals surface area contributed by atoms with E-state index >= 15 is 0 Å². The maximum absolute atomic E-state index is 7.97. The molecule has 0 aliphatic carbocycles. The smallest absolute Gasteiger partial charge is 0.136 e. The molecular formula is C31H25Br2IN2O2. The molecular weight excluding hydrogens is 719 g/mol. The highest BCUT2D eigenvalue weighted by molar-refractivity contribution is 14.1. The standard InChI is InChI=1S/C13H11N.C9H6BrIO.C9H8BrNO/c14-13(11-7-3-1-4-8-11)12-9-5-2-6-10-12;2*1-5-4-12-9-3-8(11)7(10)2-6(5)9/h1-10,14H;2-4H,1H3;2-4H,11H2,1H3. The molecule has 38 heavy (non-hydrogen) atoms. The second kappa shape index (κ2) is 12.8. The van der Waals surface area contributed by atoms with Crippen LogP contribution in [0.4, 0.5) is 5.69 Å². The van der Waals surface area contributed by atoms with Crippen LogP contribution in [0.25, 0.3) is 21.9 Å². The summed E-state index contributed by atoms with van der Waals surface area (Å²) in [7, 11) is 0. The van der Waals surface area contributed by atoms with E-state index in [1.54, 1.807) is 12.5 Å². The lowest BCUT2D eigenvalue weighted by Gasteiger charge is -2.02. The molecule has 0 aliphatic heterocycles. The van der Waals surface area contributed by atoms with Crippen molar-refractivity contribution >= 4 is 87.8 Å². The van der Waals surface area contributed by atoms with E-state index in [0.29, 0.717) is 11.4 Å². The van der Waals surface area contributed by atoms with Gasteiger partial charge in [0.1, 0.15) is 11.2 Å². The van der Waals surface area contributed by atoms with E-state index in [4.69, 9.17) is 20.0 Å². The molecule has 192 valence electrons. The van der Waals surface area contributed by atoms with Crippen LogP contribution in [-0.4, -0.2) is 5.71 Å². The van der Waals surface area contributed by atoms with E-state index in [0.717, 1.165) is 42.2 Å². The monoisotopic (exact) mass is 742 g/mol. The van der Waals surface area contributed by atoms with E-state index in [1.165, 1.54) is 14.5 Å². The molecule has 6 aromatic rings. The van der Waals surface area contributed by atoms with Gasteiger partial charge in [-0.1, -0.05) is 60.7 Å².